The molecular weight excluding hydrogens is 322 g/mol. The smallest absolute Gasteiger partial charge is 0.226 e. The second kappa shape index (κ2) is 8.43. The number of carbonyl (C=O) groups is 1. The van der Waals surface area contributed by atoms with Gasteiger partial charge in [0.1, 0.15) is 0 Å². The Morgan fingerprint density at radius 3 is 2.38 bits per heavy atom. The van der Waals surface area contributed by atoms with Crippen LogP contribution in [0.2, 0.25) is 0 Å². The summed E-state index contributed by atoms with van der Waals surface area (Å²) in [4.78, 5) is 19.2. The summed E-state index contributed by atoms with van der Waals surface area (Å²) < 4.78 is 0. The van der Waals surface area contributed by atoms with Gasteiger partial charge >= 0.3 is 0 Å². The Labute approximate surface area is 159 Å². The number of hydrogen-bond acceptors (Lipinski definition) is 2. The van der Waals surface area contributed by atoms with E-state index < -0.39 is 0 Å². The SMILES string of the molecule is Cc1cccc(N2CCN(C(=O)C3CC[NH+](CC(C)C)CC3)CC2)c1C. The molecule has 2 aliphatic rings. The van der Waals surface area contributed by atoms with E-state index in [4.69, 9.17) is 0 Å². The molecule has 4 nitrogen and oxygen atoms in total. The lowest BCUT2D eigenvalue weighted by molar-refractivity contribution is -0.908. The molecule has 0 saturated carbocycles. The number of quaternary nitrogens is 1. The molecule has 0 atom stereocenters. The molecule has 0 aromatic heterocycles. The molecule has 0 unspecified atom stereocenters. The van der Waals surface area contributed by atoms with Crippen LogP contribution in [0.25, 0.3) is 0 Å². The number of likely N-dealkylation sites (tertiary alicyclic amines) is 1. The average Bonchev–Trinajstić information content (AvgIpc) is 2.64. The van der Waals surface area contributed by atoms with Crippen LogP contribution in [0.3, 0.4) is 0 Å². The van der Waals surface area contributed by atoms with Gasteiger partial charge in [0.25, 0.3) is 0 Å². The van der Waals surface area contributed by atoms with Crippen LogP contribution in [0.5, 0.6) is 0 Å². The molecule has 26 heavy (non-hydrogen) atoms. The third kappa shape index (κ3) is 4.40. The quantitative estimate of drug-likeness (QED) is 0.890. The first-order chi connectivity index (χ1) is 12.5. The van der Waals surface area contributed by atoms with Gasteiger partial charge in [0, 0.05) is 56.5 Å². The molecule has 0 bridgehead atoms. The van der Waals surface area contributed by atoms with Gasteiger partial charge in [-0.15, -0.1) is 0 Å². The highest BCUT2D eigenvalue weighted by molar-refractivity contribution is 5.79. The van der Waals surface area contributed by atoms with Gasteiger partial charge in [-0.3, -0.25) is 4.79 Å². The fourth-order valence-corrected chi connectivity index (χ4v) is 4.56. The first-order valence-corrected chi connectivity index (χ1v) is 10.4. The van der Waals surface area contributed by atoms with Crippen LogP contribution < -0.4 is 9.80 Å². The second-order valence-corrected chi connectivity index (χ2v) is 8.65. The lowest BCUT2D eigenvalue weighted by atomic mass is 9.94. The van der Waals surface area contributed by atoms with Gasteiger partial charge < -0.3 is 14.7 Å². The van der Waals surface area contributed by atoms with E-state index in [1.54, 1.807) is 4.90 Å². The standard InChI is InChI=1S/C22H35N3O/c1-17(2)16-23-10-8-20(9-11-23)22(26)25-14-12-24(13-15-25)21-7-5-6-18(3)19(21)4/h5-7,17,20H,8-16H2,1-4H3/p+1. The van der Waals surface area contributed by atoms with E-state index in [2.05, 4.69) is 55.7 Å². The zero-order valence-corrected chi connectivity index (χ0v) is 17.1. The largest absolute Gasteiger partial charge is 0.368 e. The van der Waals surface area contributed by atoms with Crippen molar-refractivity contribution in [3.8, 4) is 0 Å². The number of piperidine rings is 1. The Morgan fingerprint density at radius 2 is 1.77 bits per heavy atom. The number of piperazine rings is 1. The van der Waals surface area contributed by atoms with E-state index in [0.29, 0.717) is 5.91 Å². The molecule has 2 fully saturated rings. The summed E-state index contributed by atoms with van der Waals surface area (Å²) in [6.45, 7) is 16.2. The molecule has 3 rings (SSSR count). The molecule has 2 aliphatic heterocycles. The van der Waals surface area contributed by atoms with E-state index in [9.17, 15) is 4.79 Å². The molecule has 0 spiro atoms. The molecule has 1 aromatic rings. The number of carbonyl (C=O) groups excluding carboxylic acids is 1. The minimum Gasteiger partial charge on any atom is -0.368 e. The van der Waals surface area contributed by atoms with E-state index >= 15 is 0 Å². The third-order valence-electron chi connectivity index (χ3n) is 6.25. The minimum atomic E-state index is 0.262. The van der Waals surface area contributed by atoms with E-state index in [1.807, 2.05) is 0 Å². The Hall–Kier alpha value is -1.55. The summed E-state index contributed by atoms with van der Waals surface area (Å²) in [6, 6.07) is 6.53. The first-order valence-electron chi connectivity index (χ1n) is 10.4. The highest BCUT2D eigenvalue weighted by Crippen LogP contribution is 2.24. The molecule has 1 N–H and O–H groups in total. The van der Waals surface area contributed by atoms with Crippen molar-refractivity contribution in [3.05, 3.63) is 29.3 Å². The summed E-state index contributed by atoms with van der Waals surface area (Å²) >= 11 is 0. The predicted octanol–water partition coefficient (Wildman–Crippen LogP) is 1.90. The number of hydrogen-bond donors (Lipinski definition) is 1. The monoisotopic (exact) mass is 358 g/mol. The highest BCUT2D eigenvalue weighted by atomic mass is 16.2. The molecule has 1 aromatic carbocycles. The predicted molar refractivity (Wildman–Crippen MR) is 108 cm³/mol. The van der Waals surface area contributed by atoms with E-state index in [-0.39, 0.29) is 5.92 Å². The summed E-state index contributed by atoms with van der Waals surface area (Å²) in [7, 11) is 0. The fraction of sp³-hybridized carbons (Fsp3) is 0.682. The van der Waals surface area contributed by atoms with Crippen LogP contribution in [0, 0.1) is 25.7 Å². The van der Waals surface area contributed by atoms with E-state index in [0.717, 1.165) is 58.0 Å². The van der Waals surface area contributed by atoms with Crippen molar-refractivity contribution in [2.24, 2.45) is 11.8 Å². The van der Waals surface area contributed by atoms with Gasteiger partial charge in [-0.2, -0.15) is 0 Å². The topological polar surface area (TPSA) is 28.0 Å². The average molecular weight is 359 g/mol. The Balaban J connectivity index is 1.50. The molecule has 2 heterocycles. The van der Waals surface area contributed by atoms with E-state index in [1.165, 1.54) is 23.4 Å². The number of amides is 1. The normalized spacial score (nSPS) is 24.2. The van der Waals surface area contributed by atoms with Crippen LogP contribution in [-0.2, 0) is 4.79 Å². The molecular formula is C22H36N3O+. The number of aryl methyl sites for hydroxylation is 1. The highest BCUT2D eigenvalue weighted by Gasteiger charge is 2.32. The van der Waals surface area contributed by atoms with Crippen LogP contribution in [0.1, 0.15) is 37.8 Å². The summed E-state index contributed by atoms with van der Waals surface area (Å²) in [5.41, 5.74) is 4.05. The number of nitrogens with zero attached hydrogens (tertiary/aromatic N) is 2. The lowest BCUT2D eigenvalue weighted by Crippen LogP contribution is -3.13. The third-order valence-corrected chi connectivity index (χ3v) is 6.25. The number of rotatable bonds is 4. The van der Waals surface area contributed by atoms with Crippen molar-refractivity contribution in [2.75, 3.05) is 50.7 Å². The van der Waals surface area contributed by atoms with Crippen molar-refractivity contribution in [1.82, 2.24) is 4.90 Å². The lowest BCUT2D eigenvalue weighted by Gasteiger charge is -2.39. The Kier molecular flexibility index (Phi) is 6.23. The zero-order valence-electron chi connectivity index (χ0n) is 17.1. The Bertz CT molecular complexity index is 612. The van der Waals surface area contributed by atoms with Crippen molar-refractivity contribution >= 4 is 11.6 Å². The van der Waals surface area contributed by atoms with Gasteiger partial charge in [0.15, 0.2) is 0 Å². The van der Waals surface area contributed by atoms with Crippen LogP contribution in [0.4, 0.5) is 5.69 Å². The zero-order chi connectivity index (χ0) is 18.7. The van der Waals surface area contributed by atoms with Gasteiger partial charge in [0.05, 0.1) is 19.6 Å². The summed E-state index contributed by atoms with van der Waals surface area (Å²) in [5.74, 6) is 1.42. The van der Waals surface area contributed by atoms with Crippen LogP contribution in [-0.4, -0.2) is 56.6 Å². The second-order valence-electron chi connectivity index (χ2n) is 8.65. The van der Waals surface area contributed by atoms with Crippen LogP contribution in [0.15, 0.2) is 18.2 Å². The minimum absolute atomic E-state index is 0.262. The van der Waals surface area contributed by atoms with Gasteiger partial charge in [-0.05, 0) is 31.0 Å². The summed E-state index contributed by atoms with van der Waals surface area (Å²) in [5, 5.41) is 0. The number of anilines is 1. The van der Waals surface area contributed by atoms with Crippen molar-refractivity contribution in [1.29, 1.82) is 0 Å². The number of benzene rings is 1. The van der Waals surface area contributed by atoms with Crippen molar-refractivity contribution in [2.45, 2.75) is 40.5 Å². The fourth-order valence-electron chi connectivity index (χ4n) is 4.56. The maximum atomic E-state index is 12.9. The maximum Gasteiger partial charge on any atom is 0.226 e. The molecule has 144 valence electrons. The van der Waals surface area contributed by atoms with Gasteiger partial charge in [0.2, 0.25) is 5.91 Å². The van der Waals surface area contributed by atoms with Gasteiger partial charge in [-0.25, -0.2) is 0 Å². The molecule has 4 heteroatoms. The number of nitrogens with one attached hydrogen (secondary N) is 1. The van der Waals surface area contributed by atoms with Gasteiger partial charge in [-0.1, -0.05) is 26.0 Å². The van der Waals surface area contributed by atoms with Crippen LogP contribution >= 0.6 is 0 Å². The van der Waals surface area contributed by atoms with Crippen molar-refractivity contribution < 1.29 is 9.69 Å². The summed E-state index contributed by atoms with van der Waals surface area (Å²) in [6.07, 6.45) is 2.14. The van der Waals surface area contributed by atoms with Crippen molar-refractivity contribution in [3.63, 3.8) is 0 Å². The maximum absolute atomic E-state index is 12.9. The molecule has 2 saturated heterocycles. The first kappa shape index (κ1) is 19.2. The molecule has 0 radical (unpaired) electrons. The Morgan fingerprint density at radius 1 is 1.12 bits per heavy atom. The molecule has 0 aliphatic carbocycles. The molecule has 1 amide bonds.